The van der Waals surface area contributed by atoms with Gasteiger partial charge in [0.2, 0.25) is 0 Å². The fourth-order valence-corrected chi connectivity index (χ4v) is 5.84. The molecule has 122 valence electrons. The van der Waals surface area contributed by atoms with E-state index in [4.69, 9.17) is 0 Å². The molecule has 0 spiro atoms. The van der Waals surface area contributed by atoms with Crippen LogP contribution in [0.2, 0.25) is 0 Å². The summed E-state index contributed by atoms with van der Waals surface area (Å²) >= 11 is 0. The number of benzene rings is 1. The van der Waals surface area contributed by atoms with Gasteiger partial charge in [-0.15, -0.1) is 0 Å². The molecule has 3 fully saturated rings. The highest BCUT2D eigenvalue weighted by atomic mass is 16.3. The van der Waals surface area contributed by atoms with Crippen molar-refractivity contribution in [3.8, 4) is 0 Å². The van der Waals surface area contributed by atoms with E-state index in [1.165, 1.54) is 54.5 Å². The Morgan fingerprint density at radius 3 is 3.04 bits per heavy atom. The normalized spacial score (nSPS) is 35.3. The smallest absolute Gasteiger partial charge is 0.0682 e. The van der Waals surface area contributed by atoms with E-state index in [2.05, 4.69) is 28.9 Å². The third kappa shape index (κ3) is 1.96. The maximum Gasteiger partial charge on any atom is 0.0682 e. The number of aromatic nitrogens is 1. The molecule has 1 aromatic carbocycles. The van der Waals surface area contributed by atoms with Crippen LogP contribution in [0.15, 0.2) is 18.2 Å². The second-order valence-electron chi connectivity index (χ2n) is 7.90. The molecule has 3 heteroatoms. The van der Waals surface area contributed by atoms with E-state index in [1.54, 1.807) is 0 Å². The quantitative estimate of drug-likeness (QED) is 0.892. The third-order valence-electron chi connectivity index (χ3n) is 6.76. The molecule has 1 saturated carbocycles. The average molecular weight is 310 g/mol. The number of hydrogen-bond acceptors (Lipinski definition) is 2. The number of aromatic amines is 1. The number of nitrogens with one attached hydrogen (secondary N) is 1. The minimum absolute atomic E-state index is 0.133. The predicted octanol–water partition coefficient (Wildman–Crippen LogP) is 3.42. The van der Waals surface area contributed by atoms with Gasteiger partial charge in [0.05, 0.1) is 6.61 Å². The van der Waals surface area contributed by atoms with Crippen LogP contribution in [-0.4, -0.2) is 34.1 Å². The van der Waals surface area contributed by atoms with Crippen molar-refractivity contribution in [2.75, 3.05) is 13.1 Å². The zero-order valence-electron chi connectivity index (χ0n) is 13.9. The first-order valence-electron chi connectivity index (χ1n) is 9.26. The van der Waals surface area contributed by atoms with Gasteiger partial charge in [-0.25, -0.2) is 0 Å². The van der Waals surface area contributed by atoms with Crippen LogP contribution in [0.5, 0.6) is 0 Å². The molecule has 4 aliphatic rings. The maximum absolute atomic E-state index is 9.48. The van der Waals surface area contributed by atoms with Crippen molar-refractivity contribution >= 4 is 10.9 Å². The van der Waals surface area contributed by atoms with Gasteiger partial charge in [0.25, 0.3) is 0 Å². The summed E-state index contributed by atoms with van der Waals surface area (Å²) in [4.78, 5) is 6.58. The standard InChI is InChI=1S/C20H26N2O/c1-2-14-7-13-9-17-19-15(5-6-22(10-13)20(14)17)16-8-12(11-23)3-4-18(16)21-19/h3-4,8,13-14,17,20-21,23H,2,5-7,9-11H2,1H3/t13-,14-,17-,20?/m0/s1. The first kappa shape index (κ1) is 14.1. The van der Waals surface area contributed by atoms with Crippen molar-refractivity contribution in [1.82, 2.24) is 9.88 Å². The van der Waals surface area contributed by atoms with Gasteiger partial charge in [-0.3, -0.25) is 4.90 Å². The molecule has 3 aliphatic heterocycles. The molecule has 2 unspecified atom stereocenters. The monoisotopic (exact) mass is 310 g/mol. The van der Waals surface area contributed by atoms with E-state index in [-0.39, 0.29) is 6.61 Å². The number of fused-ring (bicyclic) bond motifs is 4. The Hall–Kier alpha value is -1.32. The van der Waals surface area contributed by atoms with E-state index in [1.807, 2.05) is 6.07 Å². The summed E-state index contributed by atoms with van der Waals surface area (Å²) in [5, 5.41) is 10.8. The lowest BCUT2D eigenvalue weighted by Gasteiger charge is -2.53. The van der Waals surface area contributed by atoms with Crippen LogP contribution in [0.25, 0.3) is 10.9 Å². The first-order valence-corrected chi connectivity index (χ1v) is 9.26. The highest BCUT2D eigenvalue weighted by molar-refractivity contribution is 5.86. The molecule has 2 saturated heterocycles. The molecule has 0 amide bonds. The van der Waals surface area contributed by atoms with Crippen LogP contribution >= 0.6 is 0 Å². The van der Waals surface area contributed by atoms with E-state index >= 15 is 0 Å². The highest BCUT2D eigenvalue weighted by Gasteiger charge is 2.48. The summed E-state index contributed by atoms with van der Waals surface area (Å²) in [5.74, 6) is 2.45. The molecular weight excluding hydrogens is 284 g/mol. The molecular formula is C20H26N2O. The Morgan fingerprint density at radius 1 is 1.30 bits per heavy atom. The summed E-state index contributed by atoms with van der Waals surface area (Å²) in [6.45, 7) is 5.03. The van der Waals surface area contributed by atoms with Crippen LogP contribution in [0, 0.1) is 11.8 Å². The molecule has 1 aromatic heterocycles. The summed E-state index contributed by atoms with van der Waals surface area (Å²) in [6.07, 6.45) is 5.28. The highest BCUT2D eigenvalue weighted by Crippen LogP contribution is 2.51. The van der Waals surface area contributed by atoms with E-state index in [0.29, 0.717) is 5.92 Å². The van der Waals surface area contributed by atoms with Crippen LogP contribution in [0.4, 0.5) is 0 Å². The summed E-state index contributed by atoms with van der Waals surface area (Å²) < 4.78 is 0. The molecule has 4 heterocycles. The largest absolute Gasteiger partial charge is 0.392 e. The Kier molecular flexibility index (Phi) is 3.11. The Labute approximate surface area is 137 Å². The minimum Gasteiger partial charge on any atom is -0.392 e. The van der Waals surface area contributed by atoms with Crippen molar-refractivity contribution in [3.63, 3.8) is 0 Å². The van der Waals surface area contributed by atoms with Gasteiger partial charge in [0.15, 0.2) is 0 Å². The van der Waals surface area contributed by atoms with E-state index in [0.717, 1.165) is 29.9 Å². The summed E-state index contributed by atoms with van der Waals surface area (Å²) in [5.41, 5.74) is 5.34. The lowest BCUT2D eigenvalue weighted by atomic mass is 9.65. The average Bonchev–Trinajstić information content (AvgIpc) is 2.92. The molecule has 23 heavy (non-hydrogen) atoms. The first-order chi connectivity index (χ1) is 11.3. The number of hydrogen-bond donors (Lipinski definition) is 2. The van der Waals surface area contributed by atoms with Gasteiger partial charge in [-0.2, -0.15) is 0 Å². The third-order valence-corrected chi connectivity index (χ3v) is 6.76. The Morgan fingerprint density at radius 2 is 2.22 bits per heavy atom. The van der Waals surface area contributed by atoms with Gasteiger partial charge in [-0.05, 0) is 54.4 Å². The molecule has 2 aromatic rings. The van der Waals surface area contributed by atoms with Crippen LogP contribution in [-0.2, 0) is 13.0 Å². The van der Waals surface area contributed by atoms with Gasteiger partial charge in [0, 0.05) is 41.6 Å². The molecule has 5 atom stereocenters. The van der Waals surface area contributed by atoms with Gasteiger partial charge in [-0.1, -0.05) is 19.4 Å². The zero-order valence-corrected chi connectivity index (χ0v) is 13.9. The molecule has 2 N–H and O–H groups in total. The van der Waals surface area contributed by atoms with E-state index < -0.39 is 0 Å². The van der Waals surface area contributed by atoms with Crippen LogP contribution in [0.3, 0.4) is 0 Å². The number of rotatable bonds is 2. The van der Waals surface area contributed by atoms with Crippen molar-refractivity contribution in [2.24, 2.45) is 11.8 Å². The molecule has 6 rings (SSSR count). The fraction of sp³-hybridized carbons (Fsp3) is 0.600. The number of aliphatic hydroxyl groups excluding tert-OH is 1. The Bertz CT molecular complexity index is 749. The summed E-state index contributed by atoms with van der Waals surface area (Å²) in [7, 11) is 0. The SMILES string of the molecule is CC[C@H]1C[C@H]2C[C@H]3c4[nH]c5ccc(CO)cc5c4CCN(C2)C13. The van der Waals surface area contributed by atoms with Crippen molar-refractivity contribution in [1.29, 1.82) is 0 Å². The predicted molar refractivity (Wildman–Crippen MR) is 92.5 cm³/mol. The molecule has 4 bridgehead atoms. The molecule has 1 aliphatic carbocycles. The van der Waals surface area contributed by atoms with Crippen molar-refractivity contribution in [3.05, 3.63) is 35.0 Å². The number of aliphatic hydroxyl groups is 1. The van der Waals surface area contributed by atoms with Crippen LogP contribution in [0.1, 0.15) is 48.9 Å². The molecule has 0 radical (unpaired) electrons. The van der Waals surface area contributed by atoms with Gasteiger partial charge >= 0.3 is 0 Å². The number of nitrogens with zero attached hydrogens (tertiary/aromatic N) is 1. The van der Waals surface area contributed by atoms with Gasteiger partial charge in [0.1, 0.15) is 0 Å². The minimum atomic E-state index is 0.133. The van der Waals surface area contributed by atoms with Crippen molar-refractivity contribution in [2.45, 2.75) is 51.2 Å². The van der Waals surface area contributed by atoms with Gasteiger partial charge < -0.3 is 10.1 Å². The van der Waals surface area contributed by atoms with E-state index in [9.17, 15) is 5.11 Å². The molecule has 3 nitrogen and oxygen atoms in total. The lowest BCUT2D eigenvalue weighted by molar-refractivity contribution is -0.0134. The second-order valence-corrected chi connectivity index (χ2v) is 7.90. The Balaban J connectivity index is 1.66. The second kappa shape index (κ2) is 5.09. The summed E-state index contributed by atoms with van der Waals surface area (Å²) in [6, 6.07) is 7.15. The number of H-pyrrole nitrogens is 1. The number of piperidine rings is 2. The lowest BCUT2D eigenvalue weighted by Crippen LogP contribution is -2.56. The zero-order chi connectivity index (χ0) is 15.6. The maximum atomic E-state index is 9.48. The van der Waals surface area contributed by atoms with Crippen LogP contribution < -0.4 is 0 Å². The van der Waals surface area contributed by atoms with Crippen molar-refractivity contribution < 1.29 is 5.11 Å². The topological polar surface area (TPSA) is 39.3 Å². The fourth-order valence-electron chi connectivity index (χ4n) is 5.84.